The quantitative estimate of drug-likeness (QED) is 0.817. The topological polar surface area (TPSA) is 41.1 Å². The van der Waals surface area contributed by atoms with Crippen LogP contribution < -0.4 is 10.6 Å². The molecule has 1 heterocycles. The molecule has 4 heteroatoms. The average molecular weight is 222 g/mol. The summed E-state index contributed by atoms with van der Waals surface area (Å²) in [4.78, 5) is 11.6. The second kappa shape index (κ2) is 5.19. The van der Waals surface area contributed by atoms with Gasteiger partial charge < -0.3 is 10.6 Å². The lowest BCUT2D eigenvalue weighted by atomic mass is 10.2. The van der Waals surface area contributed by atoms with E-state index in [9.17, 15) is 4.79 Å². The summed E-state index contributed by atoms with van der Waals surface area (Å²) < 4.78 is 0. The fraction of sp³-hybridized carbons (Fsp3) is 0.364. The molecule has 0 saturated carbocycles. The number of thioether (sulfide) groups is 1. The Balaban J connectivity index is 1.82. The van der Waals surface area contributed by atoms with Crippen molar-refractivity contribution in [2.24, 2.45) is 0 Å². The highest BCUT2D eigenvalue weighted by atomic mass is 32.2. The summed E-state index contributed by atoms with van der Waals surface area (Å²) in [7, 11) is 0. The normalized spacial score (nSPS) is 20.1. The molecule has 0 spiro atoms. The van der Waals surface area contributed by atoms with Gasteiger partial charge in [-0.2, -0.15) is 0 Å². The summed E-state index contributed by atoms with van der Waals surface area (Å²) in [6.07, 6.45) is 0.590. The van der Waals surface area contributed by atoms with Crippen LogP contribution in [0.1, 0.15) is 6.42 Å². The van der Waals surface area contributed by atoms with Crippen molar-refractivity contribution in [2.45, 2.75) is 11.7 Å². The SMILES string of the molecule is O=C(CC1CNCS1)Nc1ccccc1. The van der Waals surface area contributed by atoms with Crippen molar-refractivity contribution in [2.75, 3.05) is 17.7 Å². The first-order chi connectivity index (χ1) is 7.34. The van der Waals surface area contributed by atoms with Crippen molar-refractivity contribution in [3.05, 3.63) is 30.3 Å². The van der Waals surface area contributed by atoms with Crippen LogP contribution >= 0.6 is 11.8 Å². The van der Waals surface area contributed by atoms with Gasteiger partial charge in [0.05, 0.1) is 0 Å². The Hall–Kier alpha value is -1.00. The Bertz CT molecular complexity index is 323. The molecule has 0 radical (unpaired) electrons. The average Bonchev–Trinajstić information content (AvgIpc) is 2.71. The van der Waals surface area contributed by atoms with E-state index in [1.54, 1.807) is 0 Å². The van der Waals surface area contributed by atoms with Crippen LogP contribution in [-0.2, 0) is 4.79 Å². The maximum atomic E-state index is 11.6. The molecule has 1 atom stereocenters. The zero-order chi connectivity index (χ0) is 10.5. The largest absolute Gasteiger partial charge is 0.326 e. The van der Waals surface area contributed by atoms with Crippen molar-refractivity contribution in [3.8, 4) is 0 Å². The maximum Gasteiger partial charge on any atom is 0.225 e. The second-order valence-corrected chi connectivity index (χ2v) is 4.79. The third-order valence-electron chi connectivity index (χ3n) is 2.26. The van der Waals surface area contributed by atoms with E-state index in [1.807, 2.05) is 42.1 Å². The number of hydrogen-bond acceptors (Lipinski definition) is 3. The molecule has 1 aliphatic heterocycles. The first kappa shape index (κ1) is 10.5. The zero-order valence-corrected chi connectivity index (χ0v) is 9.22. The maximum absolute atomic E-state index is 11.6. The molecule has 1 saturated heterocycles. The van der Waals surface area contributed by atoms with Crippen molar-refractivity contribution in [3.63, 3.8) is 0 Å². The first-order valence-corrected chi connectivity index (χ1v) is 6.07. The van der Waals surface area contributed by atoms with E-state index in [-0.39, 0.29) is 5.91 Å². The minimum absolute atomic E-state index is 0.0994. The van der Waals surface area contributed by atoms with E-state index in [0.29, 0.717) is 11.7 Å². The van der Waals surface area contributed by atoms with E-state index < -0.39 is 0 Å². The lowest BCUT2D eigenvalue weighted by molar-refractivity contribution is -0.116. The number of hydrogen-bond donors (Lipinski definition) is 2. The van der Waals surface area contributed by atoms with E-state index in [0.717, 1.165) is 18.1 Å². The van der Waals surface area contributed by atoms with Gasteiger partial charge >= 0.3 is 0 Å². The highest BCUT2D eigenvalue weighted by molar-refractivity contribution is 8.00. The highest BCUT2D eigenvalue weighted by Gasteiger charge is 2.18. The van der Waals surface area contributed by atoms with Gasteiger partial charge in [0.25, 0.3) is 0 Å². The van der Waals surface area contributed by atoms with Gasteiger partial charge in [-0.1, -0.05) is 18.2 Å². The summed E-state index contributed by atoms with van der Waals surface area (Å²) in [5.74, 6) is 1.06. The Kier molecular flexibility index (Phi) is 3.64. The molecular formula is C11H14N2OS. The Labute approximate surface area is 93.6 Å². The van der Waals surface area contributed by atoms with Crippen LogP contribution in [0.2, 0.25) is 0 Å². The van der Waals surface area contributed by atoms with Gasteiger partial charge in [-0.15, -0.1) is 11.8 Å². The number of anilines is 1. The van der Waals surface area contributed by atoms with Gasteiger partial charge in [0.15, 0.2) is 0 Å². The summed E-state index contributed by atoms with van der Waals surface area (Å²) in [6, 6.07) is 9.57. The summed E-state index contributed by atoms with van der Waals surface area (Å²) in [5.41, 5.74) is 0.874. The fourth-order valence-electron chi connectivity index (χ4n) is 1.53. The Morgan fingerprint density at radius 3 is 2.93 bits per heavy atom. The molecule has 15 heavy (non-hydrogen) atoms. The number of carbonyl (C=O) groups is 1. The molecule has 2 rings (SSSR count). The van der Waals surface area contributed by atoms with E-state index in [4.69, 9.17) is 0 Å². The molecule has 1 aromatic rings. The number of rotatable bonds is 3. The summed E-state index contributed by atoms with van der Waals surface area (Å²) in [6.45, 7) is 0.937. The third kappa shape index (κ3) is 3.25. The zero-order valence-electron chi connectivity index (χ0n) is 8.40. The molecule has 1 unspecified atom stereocenters. The minimum Gasteiger partial charge on any atom is -0.326 e. The van der Waals surface area contributed by atoms with Gasteiger partial charge in [-0.05, 0) is 12.1 Å². The van der Waals surface area contributed by atoms with Gasteiger partial charge in [0.2, 0.25) is 5.91 Å². The first-order valence-electron chi connectivity index (χ1n) is 5.02. The van der Waals surface area contributed by atoms with Crippen LogP contribution in [-0.4, -0.2) is 23.6 Å². The number of benzene rings is 1. The molecule has 2 N–H and O–H groups in total. The molecule has 3 nitrogen and oxygen atoms in total. The van der Waals surface area contributed by atoms with Crippen LogP contribution in [0.5, 0.6) is 0 Å². The minimum atomic E-state index is 0.0994. The monoisotopic (exact) mass is 222 g/mol. The molecule has 0 aromatic heterocycles. The van der Waals surface area contributed by atoms with E-state index in [2.05, 4.69) is 10.6 Å². The molecule has 1 aliphatic rings. The third-order valence-corrected chi connectivity index (χ3v) is 3.44. The van der Waals surface area contributed by atoms with Gasteiger partial charge in [0, 0.05) is 29.8 Å². The lowest BCUT2D eigenvalue weighted by Crippen LogP contribution is -2.20. The number of nitrogens with one attached hydrogen (secondary N) is 2. The number of carbonyl (C=O) groups excluding carboxylic acids is 1. The molecule has 0 bridgehead atoms. The van der Waals surface area contributed by atoms with E-state index >= 15 is 0 Å². The van der Waals surface area contributed by atoms with Crippen LogP contribution in [0.15, 0.2) is 30.3 Å². The Morgan fingerprint density at radius 1 is 1.47 bits per heavy atom. The predicted molar refractivity (Wildman–Crippen MR) is 63.9 cm³/mol. The van der Waals surface area contributed by atoms with Crippen molar-refractivity contribution in [1.82, 2.24) is 5.32 Å². The van der Waals surface area contributed by atoms with Crippen molar-refractivity contribution < 1.29 is 4.79 Å². The van der Waals surface area contributed by atoms with Crippen molar-refractivity contribution in [1.29, 1.82) is 0 Å². The molecular weight excluding hydrogens is 208 g/mol. The summed E-state index contributed by atoms with van der Waals surface area (Å²) in [5, 5.41) is 6.54. The number of para-hydroxylation sites is 1. The lowest BCUT2D eigenvalue weighted by Gasteiger charge is -2.08. The van der Waals surface area contributed by atoms with Crippen LogP contribution in [0, 0.1) is 0 Å². The standard InChI is InChI=1S/C11H14N2OS/c14-11(6-10-7-12-8-15-10)13-9-4-2-1-3-5-9/h1-5,10,12H,6-8H2,(H,13,14). The molecule has 1 amide bonds. The smallest absolute Gasteiger partial charge is 0.225 e. The highest BCUT2D eigenvalue weighted by Crippen LogP contribution is 2.18. The van der Waals surface area contributed by atoms with Gasteiger partial charge in [-0.25, -0.2) is 0 Å². The van der Waals surface area contributed by atoms with Gasteiger partial charge in [0.1, 0.15) is 0 Å². The fourth-order valence-corrected chi connectivity index (χ4v) is 2.50. The molecule has 1 aromatic carbocycles. The number of amides is 1. The summed E-state index contributed by atoms with van der Waals surface area (Å²) >= 11 is 1.81. The van der Waals surface area contributed by atoms with Crippen LogP contribution in [0.3, 0.4) is 0 Å². The molecule has 1 fully saturated rings. The van der Waals surface area contributed by atoms with Gasteiger partial charge in [-0.3, -0.25) is 4.79 Å². The van der Waals surface area contributed by atoms with Crippen LogP contribution in [0.25, 0.3) is 0 Å². The predicted octanol–water partition coefficient (Wildman–Crippen LogP) is 1.68. The Morgan fingerprint density at radius 2 is 2.27 bits per heavy atom. The molecule has 80 valence electrons. The molecule has 0 aliphatic carbocycles. The van der Waals surface area contributed by atoms with E-state index in [1.165, 1.54) is 0 Å². The van der Waals surface area contributed by atoms with Crippen molar-refractivity contribution >= 4 is 23.4 Å². The van der Waals surface area contributed by atoms with Crippen LogP contribution in [0.4, 0.5) is 5.69 Å². The second-order valence-electron chi connectivity index (χ2n) is 3.51.